The van der Waals surface area contributed by atoms with E-state index in [4.69, 9.17) is 0 Å². The van der Waals surface area contributed by atoms with Crippen molar-refractivity contribution in [1.82, 2.24) is 20.5 Å². The van der Waals surface area contributed by atoms with Crippen LogP contribution in [0.1, 0.15) is 62.4 Å². The molecule has 4 rings (SSSR count). The second-order valence-corrected chi connectivity index (χ2v) is 7.45. The minimum Gasteiger partial charge on any atom is -0.312 e. The first-order valence-electron chi connectivity index (χ1n) is 9.79. The predicted octanol–water partition coefficient (Wildman–Crippen LogP) is 3.34. The van der Waals surface area contributed by atoms with E-state index in [0.29, 0.717) is 12.3 Å². The van der Waals surface area contributed by atoms with E-state index in [1.54, 1.807) is 6.33 Å². The zero-order valence-electron chi connectivity index (χ0n) is 15.2. The molecule has 1 aliphatic heterocycles. The molecule has 1 aromatic carbocycles. The highest BCUT2D eigenvalue weighted by Gasteiger charge is 2.27. The third kappa shape index (κ3) is 3.80. The molecule has 0 spiro atoms. The van der Waals surface area contributed by atoms with Gasteiger partial charge in [0.25, 0.3) is 0 Å². The molecule has 2 aromatic rings. The fourth-order valence-corrected chi connectivity index (χ4v) is 4.30. The third-order valence-electron chi connectivity index (χ3n) is 5.67. The normalized spacial score (nSPS) is 19.8. The highest BCUT2D eigenvalue weighted by molar-refractivity contribution is 5.95. The molecule has 1 saturated heterocycles. The predicted molar refractivity (Wildman–Crippen MR) is 101 cm³/mol. The Bertz CT molecular complexity index is 724. The van der Waals surface area contributed by atoms with Crippen molar-refractivity contribution < 1.29 is 4.79 Å². The van der Waals surface area contributed by atoms with Gasteiger partial charge in [-0.1, -0.05) is 31.4 Å². The van der Waals surface area contributed by atoms with Gasteiger partial charge in [-0.05, 0) is 42.9 Å². The summed E-state index contributed by atoms with van der Waals surface area (Å²) in [5.41, 5.74) is 2.21. The van der Waals surface area contributed by atoms with Gasteiger partial charge in [0, 0.05) is 25.2 Å². The summed E-state index contributed by atoms with van der Waals surface area (Å²) in [4.78, 5) is 18.3. The van der Waals surface area contributed by atoms with Gasteiger partial charge < -0.3 is 10.2 Å². The van der Waals surface area contributed by atoms with Gasteiger partial charge in [0.1, 0.15) is 12.2 Å². The van der Waals surface area contributed by atoms with Crippen molar-refractivity contribution in [2.75, 3.05) is 11.4 Å². The molecule has 26 heavy (non-hydrogen) atoms. The quantitative estimate of drug-likeness (QED) is 0.835. The number of nitrogens with one attached hydrogen (secondary N) is 2. The first kappa shape index (κ1) is 17.2. The van der Waals surface area contributed by atoms with E-state index in [1.807, 2.05) is 17.0 Å². The van der Waals surface area contributed by atoms with E-state index in [9.17, 15) is 4.79 Å². The number of carbonyl (C=O) groups is 1. The van der Waals surface area contributed by atoms with Crippen molar-refractivity contribution in [2.24, 2.45) is 5.92 Å². The van der Waals surface area contributed by atoms with E-state index in [1.165, 1.54) is 37.7 Å². The molecule has 6 heteroatoms. The van der Waals surface area contributed by atoms with Crippen molar-refractivity contribution in [3.8, 4) is 0 Å². The second kappa shape index (κ2) is 7.99. The minimum atomic E-state index is 0.204. The number of aromatic nitrogens is 3. The molecule has 1 atom stereocenters. The van der Waals surface area contributed by atoms with E-state index in [2.05, 4.69) is 32.6 Å². The number of hydrogen-bond donors (Lipinski definition) is 2. The van der Waals surface area contributed by atoms with Crippen LogP contribution in [0.15, 0.2) is 30.6 Å². The smallest absolute Gasteiger partial charge is 0.227 e. The lowest BCUT2D eigenvalue weighted by molar-refractivity contribution is -0.117. The molecule has 2 heterocycles. The number of hydrogen-bond acceptors (Lipinski definition) is 4. The maximum absolute atomic E-state index is 12.0. The molecule has 2 aliphatic rings. The first-order valence-corrected chi connectivity index (χ1v) is 9.79. The van der Waals surface area contributed by atoms with Gasteiger partial charge in [-0.15, -0.1) is 0 Å². The topological polar surface area (TPSA) is 73.9 Å². The molecule has 2 N–H and O–H groups in total. The summed E-state index contributed by atoms with van der Waals surface area (Å²) in [6.07, 6.45) is 9.61. The van der Waals surface area contributed by atoms with Gasteiger partial charge in [-0.2, -0.15) is 5.10 Å². The van der Waals surface area contributed by atoms with E-state index >= 15 is 0 Å². The van der Waals surface area contributed by atoms with Crippen LogP contribution >= 0.6 is 0 Å². The summed E-state index contributed by atoms with van der Waals surface area (Å²) in [6.45, 7) is 1.59. The standard InChI is InChI=1S/C20H27N5O/c26-18-10-5-11-25(18)17-9-4-6-15(12-17)13-21-19(20-22-14-23-24-20)16-7-2-1-3-8-16/h4,6,9,12,14,16,19,21H,1-3,5,7-8,10-11,13H2,(H,22,23,24). The molecule has 2 fully saturated rings. The number of rotatable bonds is 6. The molecule has 0 bridgehead atoms. The Labute approximate surface area is 154 Å². The number of nitrogens with zero attached hydrogens (tertiary/aromatic N) is 3. The summed E-state index contributed by atoms with van der Waals surface area (Å²) >= 11 is 0. The van der Waals surface area contributed by atoms with Crippen LogP contribution in [0.5, 0.6) is 0 Å². The Kier molecular flexibility index (Phi) is 5.29. The van der Waals surface area contributed by atoms with Crippen molar-refractivity contribution in [2.45, 2.75) is 57.5 Å². The maximum Gasteiger partial charge on any atom is 0.227 e. The van der Waals surface area contributed by atoms with Crippen molar-refractivity contribution in [3.05, 3.63) is 42.0 Å². The lowest BCUT2D eigenvalue weighted by atomic mass is 9.83. The van der Waals surface area contributed by atoms with Crippen LogP contribution in [-0.2, 0) is 11.3 Å². The van der Waals surface area contributed by atoms with Gasteiger partial charge >= 0.3 is 0 Å². The monoisotopic (exact) mass is 353 g/mol. The minimum absolute atomic E-state index is 0.204. The lowest BCUT2D eigenvalue weighted by Crippen LogP contribution is -2.30. The van der Waals surface area contributed by atoms with Crippen LogP contribution in [0.25, 0.3) is 0 Å². The average Bonchev–Trinajstić information content (AvgIpc) is 3.35. The summed E-state index contributed by atoms with van der Waals surface area (Å²) in [5, 5.41) is 10.8. The molecular weight excluding hydrogens is 326 g/mol. The molecular formula is C20H27N5O. The van der Waals surface area contributed by atoms with Crippen molar-refractivity contribution in [1.29, 1.82) is 0 Å². The van der Waals surface area contributed by atoms with Gasteiger partial charge in [-0.25, -0.2) is 4.98 Å². The molecule has 1 aliphatic carbocycles. The highest BCUT2D eigenvalue weighted by Crippen LogP contribution is 2.33. The SMILES string of the molecule is O=C1CCCN1c1cccc(CNC(c2ncn[nH]2)C2CCCCC2)c1. The van der Waals surface area contributed by atoms with E-state index in [0.717, 1.165) is 31.0 Å². The molecule has 138 valence electrons. The molecule has 1 saturated carbocycles. The number of H-pyrrole nitrogens is 1. The van der Waals surface area contributed by atoms with E-state index in [-0.39, 0.29) is 11.9 Å². The Morgan fingerprint density at radius 1 is 1.23 bits per heavy atom. The van der Waals surface area contributed by atoms with Crippen LogP contribution in [0, 0.1) is 5.92 Å². The summed E-state index contributed by atoms with van der Waals surface area (Å²) in [6, 6.07) is 8.53. The number of anilines is 1. The largest absolute Gasteiger partial charge is 0.312 e. The first-order chi connectivity index (χ1) is 12.8. The van der Waals surface area contributed by atoms with Crippen LogP contribution in [-0.4, -0.2) is 27.6 Å². The highest BCUT2D eigenvalue weighted by atomic mass is 16.2. The van der Waals surface area contributed by atoms with Gasteiger partial charge in [0.2, 0.25) is 5.91 Å². The Morgan fingerprint density at radius 3 is 2.85 bits per heavy atom. The van der Waals surface area contributed by atoms with Crippen LogP contribution in [0.3, 0.4) is 0 Å². The van der Waals surface area contributed by atoms with Crippen LogP contribution in [0.4, 0.5) is 5.69 Å². The lowest BCUT2D eigenvalue weighted by Gasteiger charge is -2.29. The third-order valence-corrected chi connectivity index (χ3v) is 5.67. The number of aromatic amines is 1. The van der Waals surface area contributed by atoms with Gasteiger partial charge in [0.05, 0.1) is 6.04 Å². The number of amides is 1. The van der Waals surface area contributed by atoms with Crippen molar-refractivity contribution in [3.63, 3.8) is 0 Å². The summed E-state index contributed by atoms with van der Waals surface area (Å²) in [7, 11) is 0. The summed E-state index contributed by atoms with van der Waals surface area (Å²) in [5.74, 6) is 1.76. The van der Waals surface area contributed by atoms with Crippen LogP contribution in [0.2, 0.25) is 0 Å². The fourth-order valence-electron chi connectivity index (χ4n) is 4.30. The number of benzene rings is 1. The Morgan fingerprint density at radius 2 is 2.12 bits per heavy atom. The Hall–Kier alpha value is -2.21. The average molecular weight is 353 g/mol. The summed E-state index contributed by atoms with van der Waals surface area (Å²) < 4.78 is 0. The zero-order chi connectivity index (χ0) is 17.8. The molecule has 1 amide bonds. The second-order valence-electron chi connectivity index (χ2n) is 7.45. The van der Waals surface area contributed by atoms with Crippen LogP contribution < -0.4 is 10.2 Å². The molecule has 1 aromatic heterocycles. The molecule has 6 nitrogen and oxygen atoms in total. The van der Waals surface area contributed by atoms with Gasteiger partial charge in [-0.3, -0.25) is 9.89 Å². The van der Waals surface area contributed by atoms with E-state index < -0.39 is 0 Å². The maximum atomic E-state index is 12.0. The van der Waals surface area contributed by atoms with Crippen molar-refractivity contribution >= 4 is 11.6 Å². The molecule has 0 radical (unpaired) electrons. The fraction of sp³-hybridized carbons (Fsp3) is 0.550. The zero-order valence-corrected chi connectivity index (χ0v) is 15.2. The van der Waals surface area contributed by atoms with Gasteiger partial charge in [0.15, 0.2) is 0 Å². The Balaban J connectivity index is 1.46. The number of carbonyl (C=O) groups excluding carboxylic acids is 1. The molecule has 1 unspecified atom stereocenters.